The Bertz CT molecular complexity index is 840. The molecule has 0 saturated carbocycles. The van der Waals surface area contributed by atoms with E-state index in [4.69, 9.17) is 9.84 Å². The third kappa shape index (κ3) is 3.76. The average Bonchev–Trinajstić information content (AvgIpc) is 2.76. The van der Waals surface area contributed by atoms with E-state index in [9.17, 15) is 4.79 Å². The average molecular weight is 336 g/mol. The molecule has 25 heavy (non-hydrogen) atoms. The molecule has 1 aliphatic heterocycles. The van der Waals surface area contributed by atoms with Gasteiger partial charge in [0.25, 0.3) is 0 Å². The predicted octanol–water partition coefficient (Wildman–Crippen LogP) is 4.20. The van der Waals surface area contributed by atoms with E-state index in [2.05, 4.69) is 22.1 Å². The van der Waals surface area contributed by atoms with E-state index in [1.165, 1.54) is 0 Å². The smallest absolute Gasteiger partial charge is 0.303 e. The van der Waals surface area contributed by atoms with Crippen LogP contribution >= 0.6 is 0 Å². The third-order valence-corrected chi connectivity index (χ3v) is 4.14. The number of aliphatic imine (C=N–C) groups is 1. The first kappa shape index (κ1) is 16.9. The van der Waals surface area contributed by atoms with Crippen molar-refractivity contribution in [1.82, 2.24) is 4.98 Å². The van der Waals surface area contributed by atoms with Gasteiger partial charge in [0.2, 0.25) is 5.90 Å². The van der Waals surface area contributed by atoms with Crippen LogP contribution in [0.5, 0.6) is 0 Å². The molecule has 1 aromatic carbocycles. The minimum absolute atomic E-state index is 0.203. The first-order chi connectivity index (χ1) is 12.2. The lowest BCUT2D eigenvalue weighted by Gasteiger charge is -2.11. The van der Waals surface area contributed by atoms with Crippen LogP contribution in [0.3, 0.4) is 0 Å². The molecule has 5 heteroatoms. The van der Waals surface area contributed by atoms with E-state index < -0.39 is 5.97 Å². The molecule has 0 atom stereocenters. The Labute approximate surface area is 146 Å². The second-order valence-corrected chi connectivity index (χ2v) is 5.82. The van der Waals surface area contributed by atoms with Crippen molar-refractivity contribution in [2.24, 2.45) is 4.99 Å². The van der Waals surface area contributed by atoms with E-state index in [1.807, 2.05) is 30.5 Å². The molecular formula is C20H20N2O3. The highest BCUT2D eigenvalue weighted by atomic mass is 16.5. The van der Waals surface area contributed by atoms with Gasteiger partial charge in [0.1, 0.15) is 0 Å². The van der Waals surface area contributed by atoms with Crippen LogP contribution in [0.4, 0.5) is 5.69 Å². The number of pyridine rings is 1. The Morgan fingerprint density at radius 2 is 1.96 bits per heavy atom. The largest absolute Gasteiger partial charge is 0.481 e. The SMILES string of the molecule is COC1=Nc2ccncc2/C(=C\CCCCC(=O)O)c2ccccc21. The summed E-state index contributed by atoms with van der Waals surface area (Å²) >= 11 is 0. The summed E-state index contributed by atoms with van der Waals surface area (Å²) in [5.41, 5.74) is 4.83. The van der Waals surface area contributed by atoms with Gasteiger partial charge in [-0.05, 0) is 42.5 Å². The van der Waals surface area contributed by atoms with Crippen LogP contribution in [-0.2, 0) is 9.53 Å². The summed E-state index contributed by atoms with van der Waals surface area (Å²) in [5, 5.41) is 8.76. The van der Waals surface area contributed by atoms with Gasteiger partial charge in [-0.1, -0.05) is 24.3 Å². The van der Waals surface area contributed by atoms with E-state index in [1.54, 1.807) is 13.3 Å². The van der Waals surface area contributed by atoms with Gasteiger partial charge in [-0.3, -0.25) is 9.78 Å². The van der Waals surface area contributed by atoms with E-state index in [0.717, 1.165) is 40.8 Å². The van der Waals surface area contributed by atoms with Crippen LogP contribution in [0.2, 0.25) is 0 Å². The van der Waals surface area contributed by atoms with Crippen molar-refractivity contribution in [3.63, 3.8) is 0 Å². The van der Waals surface area contributed by atoms with Gasteiger partial charge in [-0.2, -0.15) is 0 Å². The fourth-order valence-corrected chi connectivity index (χ4v) is 2.95. The number of aromatic nitrogens is 1. The van der Waals surface area contributed by atoms with Crippen molar-refractivity contribution in [2.45, 2.75) is 25.7 Å². The van der Waals surface area contributed by atoms with Crippen LogP contribution in [0.25, 0.3) is 5.57 Å². The molecule has 0 unspecified atom stereocenters. The number of unbranched alkanes of at least 4 members (excludes halogenated alkanes) is 2. The number of ether oxygens (including phenoxy) is 1. The number of hydrogen-bond donors (Lipinski definition) is 1. The maximum absolute atomic E-state index is 10.7. The number of nitrogens with zero attached hydrogens (tertiary/aromatic N) is 2. The molecule has 0 radical (unpaired) electrons. The molecule has 0 fully saturated rings. The minimum Gasteiger partial charge on any atom is -0.481 e. The molecule has 1 N–H and O–H groups in total. The molecule has 0 aliphatic carbocycles. The van der Waals surface area contributed by atoms with Gasteiger partial charge < -0.3 is 9.84 Å². The van der Waals surface area contributed by atoms with E-state index >= 15 is 0 Å². The molecule has 2 aromatic rings. The lowest BCUT2D eigenvalue weighted by molar-refractivity contribution is -0.137. The van der Waals surface area contributed by atoms with Crippen molar-refractivity contribution >= 4 is 23.1 Å². The molecule has 5 nitrogen and oxygen atoms in total. The molecule has 1 aliphatic rings. The zero-order chi connectivity index (χ0) is 17.6. The lowest BCUT2D eigenvalue weighted by Crippen LogP contribution is -2.05. The number of aliphatic carboxylic acids is 1. The molecule has 128 valence electrons. The summed E-state index contributed by atoms with van der Waals surface area (Å²) in [5.74, 6) is -0.169. The zero-order valence-corrected chi connectivity index (χ0v) is 14.1. The fraction of sp³-hybridized carbons (Fsp3) is 0.250. The van der Waals surface area contributed by atoms with Crippen molar-refractivity contribution in [3.05, 3.63) is 65.5 Å². The summed E-state index contributed by atoms with van der Waals surface area (Å²) < 4.78 is 5.51. The molecule has 2 heterocycles. The summed E-state index contributed by atoms with van der Waals surface area (Å²) in [4.78, 5) is 19.6. The number of rotatable bonds is 5. The summed E-state index contributed by atoms with van der Waals surface area (Å²) in [6.07, 6.45) is 8.18. The van der Waals surface area contributed by atoms with Gasteiger partial charge in [-0.25, -0.2) is 4.99 Å². The topological polar surface area (TPSA) is 71.8 Å². The van der Waals surface area contributed by atoms with Gasteiger partial charge in [0.05, 0.1) is 12.8 Å². The Morgan fingerprint density at radius 1 is 1.16 bits per heavy atom. The van der Waals surface area contributed by atoms with Crippen molar-refractivity contribution in [3.8, 4) is 0 Å². The number of benzene rings is 1. The van der Waals surface area contributed by atoms with Gasteiger partial charge >= 0.3 is 5.97 Å². The molecule has 3 rings (SSSR count). The Hall–Kier alpha value is -2.95. The Kier molecular flexibility index (Phi) is 5.23. The van der Waals surface area contributed by atoms with Crippen LogP contribution in [-0.4, -0.2) is 29.1 Å². The summed E-state index contributed by atoms with van der Waals surface area (Å²) in [6, 6.07) is 9.88. The van der Waals surface area contributed by atoms with E-state index in [0.29, 0.717) is 12.3 Å². The van der Waals surface area contributed by atoms with E-state index in [-0.39, 0.29) is 6.42 Å². The molecular weight excluding hydrogens is 316 g/mol. The second-order valence-electron chi connectivity index (χ2n) is 5.82. The van der Waals surface area contributed by atoms with Crippen molar-refractivity contribution < 1.29 is 14.6 Å². The molecule has 0 saturated heterocycles. The number of hydrogen-bond acceptors (Lipinski definition) is 4. The van der Waals surface area contributed by atoms with Gasteiger partial charge in [-0.15, -0.1) is 0 Å². The zero-order valence-electron chi connectivity index (χ0n) is 14.1. The number of carbonyl (C=O) groups is 1. The van der Waals surface area contributed by atoms with Gasteiger partial charge in [0, 0.05) is 29.9 Å². The molecule has 1 aromatic heterocycles. The van der Waals surface area contributed by atoms with Crippen LogP contribution in [0.15, 0.2) is 53.8 Å². The summed E-state index contributed by atoms with van der Waals surface area (Å²) in [6.45, 7) is 0. The minimum atomic E-state index is -0.750. The van der Waals surface area contributed by atoms with Crippen molar-refractivity contribution in [1.29, 1.82) is 0 Å². The standard InChI is InChI=1S/C20H20N2O3/c1-25-20-16-9-6-5-8-14(16)15(7-3-2-4-10-19(23)24)17-13-21-12-11-18(17)22-20/h5-9,11-13H,2-4,10H2,1H3,(H,23,24)/b15-7-. The van der Waals surface area contributed by atoms with Crippen LogP contribution in [0.1, 0.15) is 42.4 Å². The highest BCUT2D eigenvalue weighted by Crippen LogP contribution is 2.36. The maximum atomic E-state index is 10.7. The highest BCUT2D eigenvalue weighted by Gasteiger charge is 2.20. The Morgan fingerprint density at radius 3 is 2.72 bits per heavy atom. The second kappa shape index (κ2) is 7.75. The highest BCUT2D eigenvalue weighted by molar-refractivity contribution is 6.05. The normalized spacial score (nSPS) is 14.3. The summed E-state index contributed by atoms with van der Waals surface area (Å²) in [7, 11) is 1.62. The number of allylic oxidation sites excluding steroid dienone is 1. The monoisotopic (exact) mass is 336 g/mol. The number of carboxylic acids is 1. The molecule has 0 amide bonds. The number of fused-ring (bicyclic) bond motifs is 2. The first-order valence-corrected chi connectivity index (χ1v) is 8.29. The molecule has 0 spiro atoms. The van der Waals surface area contributed by atoms with Crippen LogP contribution < -0.4 is 0 Å². The molecule has 0 bridgehead atoms. The maximum Gasteiger partial charge on any atom is 0.303 e. The van der Waals surface area contributed by atoms with Gasteiger partial charge in [0.15, 0.2) is 0 Å². The lowest BCUT2D eigenvalue weighted by atomic mass is 9.93. The quantitative estimate of drug-likeness (QED) is 0.831. The van der Waals surface area contributed by atoms with Crippen LogP contribution in [0, 0.1) is 0 Å². The third-order valence-electron chi connectivity index (χ3n) is 4.14. The first-order valence-electron chi connectivity index (χ1n) is 8.29. The number of methoxy groups -OCH3 is 1. The Balaban J connectivity index is 2.00. The predicted molar refractivity (Wildman–Crippen MR) is 97.1 cm³/mol. The fourth-order valence-electron chi connectivity index (χ4n) is 2.95. The number of carboxylic acid groups (broad SMARTS) is 1. The van der Waals surface area contributed by atoms with Crippen molar-refractivity contribution in [2.75, 3.05) is 7.11 Å².